The van der Waals surface area contributed by atoms with Crippen LogP contribution < -0.4 is 5.32 Å². The third-order valence-electron chi connectivity index (χ3n) is 5.26. The van der Waals surface area contributed by atoms with Crippen LogP contribution in [0.15, 0.2) is 103 Å². The van der Waals surface area contributed by atoms with Crippen molar-refractivity contribution in [2.24, 2.45) is 0 Å². The zero-order chi connectivity index (χ0) is 20.9. The minimum atomic E-state index is 0.0292. The molecule has 0 aromatic heterocycles. The number of nitrogens with one attached hydrogen (secondary N) is 1. The maximum atomic E-state index is 13.2. The molecule has 0 amide bonds. The molecule has 148 valence electrons. The Bertz CT molecular complexity index is 1140. The highest BCUT2D eigenvalue weighted by Crippen LogP contribution is 2.27. The molecule has 4 aromatic carbocycles. The third kappa shape index (κ3) is 4.33. The molecular formula is C28H25NO. The summed E-state index contributed by atoms with van der Waals surface area (Å²) in [5.74, 6) is 0.413. The lowest BCUT2D eigenvalue weighted by atomic mass is 9.96. The summed E-state index contributed by atoms with van der Waals surface area (Å²) in [6.07, 6.45) is 0. The lowest BCUT2D eigenvalue weighted by Crippen LogP contribution is -2.06. The second-order valence-electron chi connectivity index (χ2n) is 7.72. The van der Waals surface area contributed by atoms with E-state index in [1.165, 1.54) is 11.1 Å². The Labute approximate surface area is 178 Å². The maximum absolute atomic E-state index is 13.2. The molecule has 4 rings (SSSR count). The summed E-state index contributed by atoms with van der Waals surface area (Å²) in [5, 5.41) is 3.42. The van der Waals surface area contributed by atoms with Crippen molar-refractivity contribution in [1.29, 1.82) is 0 Å². The van der Waals surface area contributed by atoms with Crippen LogP contribution in [0, 0.1) is 0 Å². The minimum Gasteiger partial charge on any atom is -0.355 e. The summed E-state index contributed by atoms with van der Waals surface area (Å²) in [6.45, 7) is 4.27. The van der Waals surface area contributed by atoms with Crippen molar-refractivity contribution in [2.75, 3.05) is 5.32 Å². The molecule has 0 saturated carbocycles. The molecule has 4 aromatic rings. The van der Waals surface area contributed by atoms with Gasteiger partial charge in [-0.1, -0.05) is 86.6 Å². The fraction of sp³-hybridized carbons (Fsp3) is 0.107. The van der Waals surface area contributed by atoms with Crippen molar-refractivity contribution in [2.45, 2.75) is 19.8 Å². The van der Waals surface area contributed by atoms with E-state index >= 15 is 0 Å². The Morgan fingerprint density at radius 1 is 0.700 bits per heavy atom. The van der Waals surface area contributed by atoms with E-state index < -0.39 is 0 Å². The average molecular weight is 392 g/mol. The summed E-state index contributed by atoms with van der Waals surface area (Å²) >= 11 is 0. The van der Waals surface area contributed by atoms with Crippen molar-refractivity contribution in [3.8, 4) is 11.1 Å². The van der Waals surface area contributed by atoms with Crippen LogP contribution in [-0.4, -0.2) is 5.78 Å². The predicted octanol–water partition coefficient (Wildman–Crippen LogP) is 7.45. The van der Waals surface area contributed by atoms with Gasteiger partial charge in [-0.2, -0.15) is 0 Å². The van der Waals surface area contributed by atoms with Gasteiger partial charge in [-0.05, 0) is 52.9 Å². The summed E-state index contributed by atoms with van der Waals surface area (Å²) in [4.78, 5) is 13.2. The molecule has 0 heterocycles. The first kappa shape index (κ1) is 19.7. The Hall–Kier alpha value is -3.65. The Morgan fingerprint density at radius 2 is 1.37 bits per heavy atom. The van der Waals surface area contributed by atoms with E-state index in [0.717, 1.165) is 22.5 Å². The summed E-state index contributed by atoms with van der Waals surface area (Å²) < 4.78 is 0. The number of ketones is 1. The second kappa shape index (κ2) is 8.79. The van der Waals surface area contributed by atoms with Crippen LogP contribution in [0.1, 0.15) is 41.3 Å². The van der Waals surface area contributed by atoms with E-state index in [1.54, 1.807) is 0 Å². The number of para-hydroxylation sites is 1. The molecule has 0 radical (unpaired) electrons. The van der Waals surface area contributed by atoms with Crippen LogP contribution in [0.25, 0.3) is 11.1 Å². The van der Waals surface area contributed by atoms with Gasteiger partial charge in [0.15, 0.2) is 5.78 Å². The lowest BCUT2D eigenvalue weighted by molar-refractivity contribution is 0.103. The molecule has 0 aliphatic rings. The van der Waals surface area contributed by atoms with Crippen molar-refractivity contribution < 1.29 is 4.79 Å². The van der Waals surface area contributed by atoms with E-state index in [0.29, 0.717) is 11.5 Å². The number of rotatable bonds is 6. The van der Waals surface area contributed by atoms with Gasteiger partial charge >= 0.3 is 0 Å². The minimum absolute atomic E-state index is 0.0292. The van der Waals surface area contributed by atoms with Gasteiger partial charge in [0, 0.05) is 22.5 Å². The van der Waals surface area contributed by atoms with E-state index in [4.69, 9.17) is 0 Å². The maximum Gasteiger partial charge on any atom is 0.195 e. The highest BCUT2D eigenvalue weighted by molar-refractivity contribution is 6.12. The van der Waals surface area contributed by atoms with Gasteiger partial charge in [0.2, 0.25) is 0 Å². The normalized spacial score (nSPS) is 10.8. The molecule has 0 fully saturated rings. The molecule has 0 saturated heterocycles. The van der Waals surface area contributed by atoms with E-state index in [1.807, 2.05) is 72.8 Å². The van der Waals surface area contributed by atoms with Gasteiger partial charge in [-0.15, -0.1) is 0 Å². The molecule has 2 heteroatoms. The summed E-state index contributed by atoms with van der Waals surface area (Å²) in [6, 6.07) is 34.2. The standard InChI is InChI=1S/C28H25NO/c1-20(2)23-11-8-12-24(19-23)28(30)26-13-6-7-14-27(26)29-25-17-15-22(16-18-25)21-9-4-3-5-10-21/h3-20,29H,1-2H3. The summed E-state index contributed by atoms with van der Waals surface area (Å²) in [7, 11) is 0. The zero-order valence-corrected chi connectivity index (χ0v) is 17.3. The first-order valence-corrected chi connectivity index (χ1v) is 10.3. The number of carbonyl (C=O) groups excluding carboxylic acids is 1. The van der Waals surface area contributed by atoms with Crippen molar-refractivity contribution in [1.82, 2.24) is 0 Å². The molecule has 0 bridgehead atoms. The number of anilines is 2. The predicted molar refractivity (Wildman–Crippen MR) is 126 cm³/mol. The molecule has 0 atom stereocenters. The first-order chi connectivity index (χ1) is 14.6. The fourth-order valence-corrected chi connectivity index (χ4v) is 3.52. The Balaban J connectivity index is 1.59. The lowest BCUT2D eigenvalue weighted by Gasteiger charge is -2.13. The quantitative estimate of drug-likeness (QED) is 0.346. The molecular weight excluding hydrogens is 366 g/mol. The molecule has 2 nitrogen and oxygen atoms in total. The van der Waals surface area contributed by atoms with E-state index in [2.05, 4.69) is 49.5 Å². The number of carbonyl (C=O) groups is 1. The van der Waals surface area contributed by atoms with Gasteiger partial charge < -0.3 is 5.32 Å². The van der Waals surface area contributed by atoms with Crippen LogP contribution in [0.2, 0.25) is 0 Å². The van der Waals surface area contributed by atoms with Gasteiger partial charge in [0.25, 0.3) is 0 Å². The van der Waals surface area contributed by atoms with Gasteiger partial charge in [-0.25, -0.2) is 0 Å². The molecule has 0 spiro atoms. The van der Waals surface area contributed by atoms with Crippen molar-refractivity contribution in [3.63, 3.8) is 0 Å². The van der Waals surface area contributed by atoms with Crippen molar-refractivity contribution in [3.05, 3.63) is 120 Å². The molecule has 0 aliphatic carbocycles. The highest BCUT2D eigenvalue weighted by Gasteiger charge is 2.14. The largest absolute Gasteiger partial charge is 0.355 e. The van der Waals surface area contributed by atoms with E-state index in [-0.39, 0.29) is 5.78 Å². The van der Waals surface area contributed by atoms with Gasteiger partial charge in [-0.3, -0.25) is 4.79 Å². The van der Waals surface area contributed by atoms with Gasteiger partial charge in [0.05, 0.1) is 0 Å². The second-order valence-corrected chi connectivity index (χ2v) is 7.72. The SMILES string of the molecule is CC(C)c1cccc(C(=O)c2ccccc2Nc2ccc(-c3ccccc3)cc2)c1. The molecule has 0 unspecified atom stereocenters. The first-order valence-electron chi connectivity index (χ1n) is 10.3. The monoisotopic (exact) mass is 391 g/mol. The van der Waals surface area contributed by atoms with Crippen molar-refractivity contribution >= 4 is 17.2 Å². The number of benzene rings is 4. The smallest absolute Gasteiger partial charge is 0.195 e. The Morgan fingerprint density at radius 3 is 2.10 bits per heavy atom. The highest BCUT2D eigenvalue weighted by atomic mass is 16.1. The Kier molecular flexibility index (Phi) is 5.76. The summed E-state index contributed by atoms with van der Waals surface area (Å²) in [5.41, 5.74) is 6.67. The molecule has 30 heavy (non-hydrogen) atoms. The van der Waals surface area contributed by atoms with Crippen LogP contribution in [-0.2, 0) is 0 Å². The topological polar surface area (TPSA) is 29.1 Å². The third-order valence-corrected chi connectivity index (χ3v) is 5.26. The van der Waals surface area contributed by atoms with Crippen LogP contribution >= 0.6 is 0 Å². The zero-order valence-electron chi connectivity index (χ0n) is 17.3. The van der Waals surface area contributed by atoms with Crippen LogP contribution in [0.3, 0.4) is 0 Å². The fourth-order valence-electron chi connectivity index (χ4n) is 3.52. The molecule has 0 aliphatic heterocycles. The van der Waals surface area contributed by atoms with E-state index in [9.17, 15) is 4.79 Å². The molecule has 1 N–H and O–H groups in total. The number of hydrogen-bond acceptors (Lipinski definition) is 2. The average Bonchev–Trinajstić information content (AvgIpc) is 2.80. The van der Waals surface area contributed by atoms with Gasteiger partial charge in [0.1, 0.15) is 0 Å². The van der Waals surface area contributed by atoms with Crippen LogP contribution in [0.5, 0.6) is 0 Å². The number of hydrogen-bond donors (Lipinski definition) is 1. The van der Waals surface area contributed by atoms with Crippen LogP contribution in [0.4, 0.5) is 11.4 Å².